The Bertz CT molecular complexity index is 368. The van der Waals surface area contributed by atoms with E-state index in [1.165, 1.54) is 0 Å². The second-order valence-electron chi connectivity index (χ2n) is 3.37. The van der Waals surface area contributed by atoms with Crippen LogP contribution in [0.4, 0.5) is 4.39 Å². The maximum atomic E-state index is 12.8. The number of hydrogen-bond donors (Lipinski definition) is 1. The van der Waals surface area contributed by atoms with Gasteiger partial charge in [-0.25, -0.2) is 14.2 Å². The molecule has 88 valence electrons. The molecule has 1 heterocycles. The fraction of sp³-hybridized carbons (Fsp3) is 0.455. The van der Waals surface area contributed by atoms with E-state index in [0.29, 0.717) is 6.61 Å². The molecule has 0 fully saturated rings. The Morgan fingerprint density at radius 3 is 2.94 bits per heavy atom. The molecule has 0 atom stereocenters. The lowest BCUT2D eigenvalue weighted by atomic mass is 10.2. The van der Waals surface area contributed by atoms with E-state index in [9.17, 15) is 9.18 Å². The molecule has 0 bridgehead atoms. The maximum Gasteiger partial charge on any atom is 0.341 e. The molecule has 1 aromatic rings. The van der Waals surface area contributed by atoms with Crippen molar-refractivity contribution in [2.24, 2.45) is 0 Å². The molecule has 1 N–H and O–H groups in total. The van der Waals surface area contributed by atoms with Gasteiger partial charge < -0.3 is 9.84 Å². The van der Waals surface area contributed by atoms with Crippen LogP contribution in [0.5, 0.6) is 5.88 Å². The minimum Gasteiger partial charge on any atom is -0.477 e. The van der Waals surface area contributed by atoms with Crippen molar-refractivity contribution in [1.29, 1.82) is 0 Å². The van der Waals surface area contributed by atoms with Gasteiger partial charge in [-0.2, -0.15) is 0 Å². The minimum atomic E-state index is -1.24. The lowest BCUT2D eigenvalue weighted by Crippen LogP contribution is -2.07. The van der Waals surface area contributed by atoms with E-state index in [1.807, 2.05) is 0 Å². The first-order valence-electron chi connectivity index (χ1n) is 5.16. The van der Waals surface area contributed by atoms with Crippen LogP contribution in [-0.4, -0.2) is 22.7 Å². The van der Waals surface area contributed by atoms with Gasteiger partial charge in [-0.1, -0.05) is 19.8 Å². The highest BCUT2D eigenvalue weighted by Gasteiger charge is 2.13. The van der Waals surface area contributed by atoms with Crippen LogP contribution < -0.4 is 4.74 Å². The lowest BCUT2D eigenvalue weighted by molar-refractivity contribution is 0.0690. The summed E-state index contributed by atoms with van der Waals surface area (Å²) in [5, 5.41) is 8.81. The Labute approximate surface area is 93.1 Å². The molecule has 5 heteroatoms. The average Bonchev–Trinajstić information content (AvgIpc) is 2.26. The van der Waals surface area contributed by atoms with Crippen molar-refractivity contribution in [2.75, 3.05) is 6.61 Å². The Balaban J connectivity index is 2.67. The van der Waals surface area contributed by atoms with E-state index in [4.69, 9.17) is 9.84 Å². The first-order valence-corrected chi connectivity index (χ1v) is 5.16. The van der Waals surface area contributed by atoms with Gasteiger partial charge in [0.05, 0.1) is 12.8 Å². The zero-order chi connectivity index (χ0) is 12.0. The summed E-state index contributed by atoms with van der Waals surface area (Å²) < 4.78 is 18.0. The Hall–Kier alpha value is -1.65. The van der Waals surface area contributed by atoms with Crippen molar-refractivity contribution < 1.29 is 19.0 Å². The molecule has 0 aromatic carbocycles. The molecular formula is C11H14FNO3. The number of rotatable bonds is 6. The third-order valence-corrected chi connectivity index (χ3v) is 2.03. The van der Waals surface area contributed by atoms with Crippen LogP contribution in [0.2, 0.25) is 0 Å². The van der Waals surface area contributed by atoms with Gasteiger partial charge in [0.2, 0.25) is 5.88 Å². The van der Waals surface area contributed by atoms with Gasteiger partial charge in [0.15, 0.2) is 0 Å². The second kappa shape index (κ2) is 6.05. The molecule has 0 aliphatic heterocycles. The largest absolute Gasteiger partial charge is 0.477 e. The van der Waals surface area contributed by atoms with Crippen molar-refractivity contribution in [2.45, 2.75) is 26.2 Å². The predicted molar refractivity (Wildman–Crippen MR) is 56.2 cm³/mol. The Kier molecular flexibility index (Phi) is 4.69. The van der Waals surface area contributed by atoms with Gasteiger partial charge in [0.25, 0.3) is 0 Å². The fourth-order valence-electron chi connectivity index (χ4n) is 1.22. The van der Waals surface area contributed by atoms with Gasteiger partial charge >= 0.3 is 5.97 Å². The first-order chi connectivity index (χ1) is 7.65. The fourth-order valence-corrected chi connectivity index (χ4v) is 1.22. The summed E-state index contributed by atoms with van der Waals surface area (Å²) >= 11 is 0. The Morgan fingerprint density at radius 2 is 2.31 bits per heavy atom. The van der Waals surface area contributed by atoms with Crippen molar-refractivity contribution in [3.8, 4) is 5.88 Å². The van der Waals surface area contributed by atoms with Crippen LogP contribution in [0.15, 0.2) is 12.3 Å². The van der Waals surface area contributed by atoms with Gasteiger partial charge in [0, 0.05) is 0 Å². The standard InChI is InChI=1S/C11H14FNO3/c1-2-3-4-5-16-10-9(11(14)15)6-8(12)7-13-10/h6-7H,2-5H2,1H3,(H,14,15). The SMILES string of the molecule is CCCCCOc1ncc(F)cc1C(=O)O. The van der Waals surface area contributed by atoms with E-state index in [1.54, 1.807) is 0 Å². The highest BCUT2D eigenvalue weighted by Crippen LogP contribution is 2.16. The van der Waals surface area contributed by atoms with Crippen LogP contribution in [0, 0.1) is 5.82 Å². The topological polar surface area (TPSA) is 59.4 Å². The smallest absolute Gasteiger partial charge is 0.341 e. The molecule has 4 nitrogen and oxygen atoms in total. The summed E-state index contributed by atoms with van der Waals surface area (Å²) in [6.07, 6.45) is 3.83. The van der Waals surface area contributed by atoms with E-state index < -0.39 is 11.8 Å². The summed E-state index contributed by atoms with van der Waals surface area (Å²) in [5.41, 5.74) is -0.239. The summed E-state index contributed by atoms with van der Waals surface area (Å²) in [6, 6.07) is 0.907. The number of halogens is 1. The lowest BCUT2D eigenvalue weighted by Gasteiger charge is -2.07. The van der Waals surface area contributed by atoms with E-state index in [2.05, 4.69) is 11.9 Å². The summed E-state index contributed by atoms with van der Waals surface area (Å²) in [7, 11) is 0. The number of carboxylic acid groups (broad SMARTS) is 1. The predicted octanol–water partition coefficient (Wildman–Crippen LogP) is 2.49. The Morgan fingerprint density at radius 1 is 1.56 bits per heavy atom. The van der Waals surface area contributed by atoms with Crippen LogP contribution >= 0.6 is 0 Å². The number of carboxylic acids is 1. The third kappa shape index (κ3) is 3.49. The van der Waals surface area contributed by atoms with Crippen LogP contribution in [0.25, 0.3) is 0 Å². The summed E-state index contributed by atoms with van der Waals surface area (Å²) in [6.45, 7) is 2.45. The van der Waals surface area contributed by atoms with Gasteiger partial charge in [-0.3, -0.25) is 0 Å². The number of hydrogen-bond acceptors (Lipinski definition) is 3. The first kappa shape index (κ1) is 12.4. The van der Waals surface area contributed by atoms with E-state index in [-0.39, 0.29) is 11.4 Å². The summed E-state index contributed by atoms with van der Waals surface area (Å²) in [4.78, 5) is 14.4. The van der Waals surface area contributed by atoms with Gasteiger partial charge in [-0.05, 0) is 12.5 Å². The van der Waals surface area contributed by atoms with Crippen LogP contribution in [0.1, 0.15) is 36.5 Å². The van der Waals surface area contributed by atoms with Crippen molar-refractivity contribution >= 4 is 5.97 Å². The van der Waals surface area contributed by atoms with Crippen molar-refractivity contribution in [1.82, 2.24) is 4.98 Å². The number of unbranched alkanes of at least 4 members (excludes halogenated alkanes) is 2. The highest BCUT2D eigenvalue weighted by molar-refractivity contribution is 5.90. The maximum absolute atomic E-state index is 12.8. The highest BCUT2D eigenvalue weighted by atomic mass is 19.1. The molecule has 0 aliphatic carbocycles. The molecule has 0 amide bonds. The molecule has 0 saturated heterocycles. The van der Waals surface area contributed by atoms with Gasteiger partial charge in [-0.15, -0.1) is 0 Å². The summed E-state index contributed by atoms with van der Waals surface area (Å²) in [5.74, 6) is -1.94. The zero-order valence-corrected chi connectivity index (χ0v) is 9.07. The van der Waals surface area contributed by atoms with Crippen molar-refractivity contribution in [3.63, 3.8) is 0 Å². The molecule has 0 aliphatic rings. The molecular weight excluding hydrogens is 213 g/mol. The number of carbonyl (C=O) groups is 1. The average molecular weight is 227 g/mol. The van der Waals surface area contributed by atoms with Crippen molar-refractivity contribution in [3.05, 3.63) is 23.6 Å². The molecule has 16 heavy (non-hydrogen) atoms. The number of nitrogens with zero attached hydrogens (tertiary/aromatic N) is 1. The minimum absolute atomic E-state index is 0.0231. The number of aromatic carboxylic acids is 1. The molecule has 0 unspecified atom stereocenters. The normalized spacial score (nSPS) is 10.1. The van der Waals surface area contributed by atoms with E-state index >= 15 is 0 Å². The quantitative estimate of drug-likeness (QED) is 0.758. The molecule has 0 spiro atoms. The van der Waals surface area contributed by atoms with Crippen LogP contribution in [0.3, 0.4) is 0 Å². The molecule has 0 radical (unpaired) electrons. The molecule has 0 saturated carbocycles. The monoisotopic (exact) mass is 227 g/mol. The molecule has 1 rings (SSSR count). The number of ether oxygens (including phenoxy) is 1. The number of aromatic nitrogens is 1. The van der Waals surface area contributed by atoms with Gasteiger partial charge in [0.1, 0.15) is 11.4 Å². The van der Waals surface area contributed by atoms with E-state index in [0.717, 1.165) is 31.5 Å². The molecule has 1 aromatic heterocycles. The number of pyridine rings is 1. The second-order valence-corrected chi connectivity index (χ2v) is 3.37. The zero-order valence-electron chi connectivity index (χ0n) is 9.07. The third-order valence-electron chi connectivity index (χ3n) is 2.03. The van der Waals surface area contributed by atoms with Crippen LogP contribution in [-0.2, 0) is 0 Å².